The van der Waals surface area contributed by atoms with Crippen LogP contribution in [0, 0.1) is 14.9 Å². The molecule has 0 unspecified atom stereocenters. The van der Waals surface area contributed by atoms with E-state index >= 15 is 0 Å². The number of hydrogen-bond donors (Lipinski definition) is 4. The van der Waals surface area contributed by atoms with Crippen LogP contribution < -0.4 is 35.0 Å². The Morgan fingerprint density at radius 3 is 2.64 bits per heavy atom. The highest BCUT2D eigenvalue weighted by Crippen LogP contribution is 2.35. The number of carbonyl (C=O) groups is 2. The van der Waals surface area contributed by atoms with E-state index in [1.165, 1.54) is 20.4 Å². The molecule has 14 heteroatoms. The zero-order valence-electron chi connectivity index (χ0n) is 26.1. The molecule has 0 saturated heterocycles. The van der Waals surface area contributed by atoms with Gasteiger partial charge in [-0.1, -0.05) is 24.3 Å². The summed E-state index contributed by atoms with van der Waals surface area (Å²) in [6.45, 7) is 3.67. The van der Waals surface area contributed by atoms with E-state index in [2.05, 4.69) is 49.8 Å². The number of esters is 1. The average molecular weight is 756 g/mol. The van der Waals surface area contributed by atoms with Gasteiger partial charge < -0.3 is 39.4 Å². The van der Waals surface area contributed by atoms with Crippen LogP contribution in [0.2, 0.25) is 0 Å². The first-order valence-electron chi connectivity index (χ1n) is 14.4. The second-order valence-corrected chi connectivity index (χ2v) is 11.2. The maximum atomic E-state index is 12.5. The van der Waals surface area contributed by atoms with Gasteiger partial charge in [0, 0.05) is 20.4 Å². The highest BCUT2D eigenvalue weighted by Gasteiger charge is 2.32. The largest absolute Gasteiger partial charge is 0.493 e. The molecular weight excluding hydrogens is 721 g/mol. The predicted octanol–water partition coefficient (Wildman–Crippen LogP) is 4.27. The average Bonchev–Trinajstić information content (AvgIpc) is 3.06. The van der Waals surface area contributed by atoms with Gasteiger partial charge in [-0.15, -0.1) is 0 Å². The van der Waals surface area contributed by atoms with Crippen molar-refractivity contribution in [2.45, 2.75) is 32.7 Å². The third-order valence-corrected chi connectivity index (χ3v) is 7.50. The molecule has 0 aliphatic carbocycles. The van der Waals surface area contributed by atoms with Crippen molar-refractivity contribution in [1.29, 1.82) is 5.26 Å². The number of nitriles is 1. The third kappa shape index (κ3) is 8.83. The van der Waals surface area contributed by atoms with E-state index < -0.39 is 24.3 Å². The number of rotatable bonds is 14. The number of amides is 2. The van der Waals surface area contributed by atoms with Crippen LogP contribution in [0.1, 0.15) is 42.1 Å². The molecule has 246 valence electrons. The summed E-state index contributed by atoms with van der Waals surface area (Å²) in [5, 5.41) is 29.5. The summed E-state index contributed by atoms with van der Waals surface area (Å²) in [6.07, 6.45) is 0.277. The number of allylic oxidation sites excluding steroid dienone is 1. The van der Waals surface area contributed by atoms with E-state index in [1.54, 1.807) is 44.2 Å². The first kappa shape index (κ1) is 34.9. The molecule has 0 fully saturated rings. The SMILES string of the molecule is CCOc1cc([C@H]2NC(=O)NC(C)=C2C(=O)OC)ccc1OC[C@H](O)N/N=C/c1cc(I)cc(OC)c1OCc1ccccc1C#N. The maximum Gasteiger partial charge on any atom is 0.337 e. The van der Waals surface area contributed by atoms with Crippen LogP contribution in [0.4, 0.5) is 4.79 Å². The van der Waals surface area contributed by atoms with Gasteiger partial charge in [-0.2, -0.15) is 10.4 Å². The second-order valence-electron chi connectivity index (χ2n) is 10.00. The Kier molecular flexibility index (Phi) is 12.3. The summed E-state index contributed by atoms with van der Waals surface area (Å²) in [5.41, 5.74) is 5.65. The van der Waals surface area contributed by atoms with Crippen LogP contribution in [0.15, 0.2) is 71.0 Å². The summed E-state index contributed by atoms with van der Waals surface area (Å²) >= 11 is 2.15. The predicted molar refractivity (Wildman–Crippen MR) is 180 cm³/mol. The van der Waals surface area contributed by atoms with Crippen molar-refractivity contribution in [3.63, 3.8) is 0 Å². The van der Waals surface area contributed by atoms with Crippen LogP contribution in [-0.4, -0.2) is 57.0 Å². The summed E-state index contributed by atoms with van der Waals surface area (Å²) in [4.78, 5) is 24.7. The number of aliphatic hydroxyl groups is 1. The van der Waals surface area contributed by atoms with Crippen LogP contribution in [0.25, 0.3) is 0 Å². The molecule has 1 aliphatic rings. The Hall–Kier alpha value is -5.01. The van der Waals surface area contributed by atoms with Gasteiger partial charge in [-0.3, -0.25) is 5.43 Å². The smallest absolute Gasteiger partial charge is 0.337 e. The molecule has 4 N–H and O–H groups in total. The molecule has 0 saturated carbocycles. The van der Waals surface area contributed by atoms with Crippen LogP contribution in [-0.2, 0) is 16.1 Å². The molecule has 13 nitrogen and oxygen atoms in total. The van der Waals surface area contributed by atoms with E-state index in [-0.39, 0.29) is 18.8 Å². The Morgan fingerprint density at radius 1 is 1.13 bits per heavy atom. The van der Waals surface area contributed by atoms with Gasteiger partial charge in [-0.25, -0.2) is 9.59 Å². The number of nitrogens with zero attached hydrogens (tertiary/aromatic N) is 2. The molecule has 2 atom stereocenters. The Balaban J connectivity index is 1.45. The maximum absolute atomic E-state index is 12.5. The van der Waals surface area contributed by atoms with Gasteiger partial charge in [0.2, 0.25) is 0 Å². The highest BCUT2D eigenvalue weighted by molar-refractivity contribution is 14.1. The van der Waals surface area contributed by atoms with Gasteiger partial charge in [0.05, 0.1) is 50.3 Å². The van der Waals surface area contributed by atoms with Crippen LogP contribution >= 0.6 is 22.6 Å². The number of benzene rings is 3. The minimum Gasteiger partial charge on any atom is -0.493 e. The lowest BCUT2D eigenvalue weighted by molar-refractivity contribution is -0.136. The van der Waals surface area contributed by atoms with Crippen molar-refractivity contribution in [3.05, 3.63) is 91.7 Å². The van der Waals surface area contributed by atoms with Crippen molar-refractivity contribution in [2.24, 2.45) is 5.10 Å². The number of halogens is 1. The molecule has 0 aromatic heterocycles. The minimum absolute atomic E-state index is 0.135. The number of urea groups is 1. The first-order valence-corrected chi connectivity index (χ1v) is 15.5. The van der Waals surface area contributed by atoms with Crippen molar-refractivity contribution < 1.29 is 38.4 Å². The number of nitrogens with one attached hydrogen (secondary N) is 3. The standard InChI is InChI=1S/C33H34IN5O8/c1-5-45-26-13-20(30-29(32(41)44-4)19(2)37-33(42)38-30)10-11-25(26)46-18-28(40)39-36-16-23-12-24(34)14-27(43-3)31(23)47-17-22-9-7-6-8-21(22)15-35/h6-14,16,28,30,39-40H,5,17-18H2,1-4H3,(H2,37,38,42)/b36-16+/t28-,30+/m0/s1. The molecular formula is C33H34IN5O8. The molecule has 3 aromatic carbocycles. The van der Waals surface area contributed by atoms with Gasteiger partial charge in [0.25, 0.3) is 0 Å². The van der Waals surface area contributed by atoms with E-state index in [9.17, 15) is 20.0 Å². The summed E-state index contributed by atoms with van der Waals surface area (Å²) in [7, 11) is 2.80. The van der Waals surface area contributed by atoms with Crippen molar-refractivity contribution >= 4 is 40.8 Å². The van der Waals surface area contributed by atoms with Gasteiger partial charge in [0.15, 0.2) is 29.2 Å². The molecule has 3 aromatic rings. The number of ether oxygens (including phenoxy) is 5. The number of hydrogen-bond acceptors (Lipinski definition) is 11. The monoisotopic (exact) mass is 755 g/mol. The lowest BCUT2D eigenvalue weighted by Crippen LogP contribution is -2.45. The summed E-state index contributed by atoms with van der Waals surface area (Å²) in [5.74, 6) is 0.998. The van der Waals surface area contributed by atoms with E-state index in [0.717, 1.165) is 9.13 Å². The molecule has 1 heterocycles. The summed E-state index contributed by atoms with van der Waals surface area (Å²) < 4.78 is 29.0. The fraction of sp³-hybridized carbons (Fsp3) is 0.273. The van der Waals surface area contributed by atoms with Crippen LogP contribution in [0.5, 0.6) is 23.0 Å². The highest BCUT2D eigenvalue weighted by atomic mass is 127. The van der Waals surface area contributed by atoms with Gasteiger partial charge in [-0.05, 0) is 72.3 Å². The van der Waals surface area contributed by atoms with E-state index in [4.69, 9.17) is 23.7 Å². The van der Waals surface area contributed by atoms with Gasteiger partial charge >= 0.3 is 12.0 Å². The topological polar surface area (TPSA) is 173 Å². The number of hydrazone groups is 1. The van der Waals surface area contributed by atoms with Crippen molar-refractivity contribution in [3.8, 4) is 29.1 Å². The molecule has 0 spiro atoms. The Bertz CT molecular complexity index is 1720. The molecule has 0 radical (unpaired) electrons. The normalized spacial score (nSPS) is 14.8. The van der Waals surface area contributed by atoms with E-state index in [0.29, 0.717) is 52.0 Å². The van der Waals surface area contributed by atoms with Crippen molar-refractivity contribution in [2.75, 3.05) is 27.4 Å². The molecule has 2 amide bonds. The minimum atomic E-state index is -1.21. The van der Waals surface area contributed by atoms with Crippen LogP contribution in [0.3, 0.4) is 0 Å². The lowest BCUT2D eigenvalue weighted by atomic mass is 9.95. The number of carbonyl (C=O) groups excluding carboxylic acids is 2. The third-order valence-electron chi connectivity index (χ3n) is 6.88. The number of aliphatic hydroxyl groups excluding tert-OH is 1. The Labute approximate surface area is 285 Å². The zero-order valence-corrected chi connectivity index (χ0v) is 28.3. The fourth-order valence-corrected chi connectivity index (χ4v) is 5.33. The summed E-state index contributed by atoms with van der Waals surface area (Å²) in [6, 6.07) is 16.7. The molecule has 47 heavy (non-hydrogen) atoms. The molecule has 0 bridgehead atoms. The van der Waals surface area contributed by atoms with Gasteiger partial charge in [0.1, 0.15) is 13.2 Å². The lowest BCUT2D eigenvalue weighted by Gasteiger charge is -2.28. The van der Waals surface area contributed by atoms with Crippen molar-refractivity contribution in [1.82, 2.24) is 16.1 Å². The first-order chi connectivity index (χ1) is 22.7. The fourth-order valence-electron chi connectivity index (χ4n) is 4.71. The zero-order chi connectivity index (χ0) is 33.9. The Morgan fingerprint density at radius 2 is 1.91 bits per heavy atom. The quantitative estimate of drug-likeness (QED) is 0.0612. The van der Waals surface area contributed by atoms with E-state index in [1.807, 2.05) is 24.3 Å². The second kappa shape index (κ2) is 16.5. The number of methoxy groups -OCH3 is 2. The molecule has 1 aliphatic heterocycles. The molecule has 4 rings (SSSR count).